The van der Waals surface area contributed by atoms with E-state index in [2.05, 4.69) is 9.64 Å². The molecule has 17 heavy (non-hydrogen) atoms. The molecule has 0 fully saturated rings. The zero-order valence-electron chi connectivity index (χ0n) is 10.7. The van der Waals surface area contributed by atoms with Gasteiger partial charge in [0.1, 0.15) is 17.1 Å². The van der Waals surface area contributed by atoms with Gasteiger partial charge in [-0.05, 0) is 39.5 Å². The number of esters is 1. The van der Waals surface area contributed by atoms with Gasteiger partial charge in [-0.1, -0.05) is 0 Å². The molecule has 5 nitrogen and oxygen atoms in total. The lowest BCUT2D eigenvalue weighted by Gasteiger charge is -2.13. The summed E-state index contributed by atoms with van der Waals surface area (Å²) < 4.78 is 10.2. The lowest BCUT2D eigenvalue weighted by Crippen LogP contribution is -2.21. The van der Waals surface area contributed by atoms with Gasteiger partial charge in [-0.2, -0.15) is 0 Å². The predicted octanol–water partition coefficient (Wildman–Crippen LogP) is 1.16. The van der Waals surface area contributed by atoms with Gasteiger partial charge in [-0.25, -0.2) is 4.79 Å². The van der Waals surface area contributed by atoms with E-state index < -0.39 is 0 Å². The van der Waals surface area contributed by atoms with E-state index in [-0.39, 0.29) is 5.97 Å². The van der Waals surface area contributed by atoms with Crippen molar-refractivity contribution in [3.8, 4) is 0 Å². The first-order chi connectivity index (χ1) is 8.08. The first kappa shape index (κ1) is 13.7. The van der Waals surface area contributed by atoms with Crippen LogP contribution < -0.4 is 5.73 Å². The quantitative estimate of drug-likeness (QED) is 0.755. The first-order valence-corrected chi connectivity index (χ1v) is 5.64. The highest BCUT2D eigenvalue weighted by Gasteiger charge is 2.15. The third kappa shape index (κ3) is 3.87. The predicted molar refractivity (Wildman–Crippen MR) is 64.8 cm³/mol. The summed E-state index contributed by atoms with van der Waals surface area (Å²) in [6, 6.07) is 1.74. The number of ether oxygens (including phenoxy) is 1. The fraction of sp³-hybridized carbons (Fsp3) is 0.583. The third-order valence-electron chi connectivity index (χ3n) is 2.54. The molecule has 1 heterocycles. The fourth-order valence-electron chi connectivity index (χ4n) is 1.64. The molecule has 0 aromatic carbocycles. The van der Waals surface area contributed by atoms with Gasteiger partial charge in [0.25, 0.3) is 0 Å². The van der Waals surface area contributed by atoms with Crippen molar-refractivity contribution in [1.82, 2.24) is 4.90 Å². The maximum Gasteiger partial charge on any atom is 0.341 e. The number of carbonyl (C=O) groups excluding carboxylic acids is 1. The maximum atomic E-state index is 11.4. The summed E-state index contributed by atoms with van der Waals surface area (Å²) in [5.41, 5.74) is 5.94. The summed E-state index contributed by atoms with van der Waals surface area (Å²) in [5.74, 6) is 1.00. The molecule has 1 aromatic rings. The van der Waals surface area contributed by atoms with Gasteiger partial charge in [0.15, 0.2) is 0 Å². The van der Waals surface area contributed by atoms with Crippen molar-refractivity contribution in [2.75, 3.05) is 27.2 Å². The van der Waals surface area contributed by atoms with Crippen LogP contribution in [0.4, 0.5) is 0 Å². The van der Waals surface area contributed by atoms with E-state index in [1.54, 1.807) is 13.0 Å². The summed E-state index contributed by atoms with van der Waals surface area (Å²) in [4.78, 5) is 13.5. The molecule has 0 unspecified atom stereocenters. The molecular weight excluding hydrogens is 220 g/mol. The molecule has 0 spiro atoms. The molecule has 0 bridgehead atoms. The lowest BCUT2D eigenvalue weighted by molar-refractivity contribution is 0.0599. The number of carbonyl (C=O) groups is 1. The molecule has 1 aromatic heterocycles. The van der Waals surface area contributed by atoms with Crippen LogP contribution in [0.2, 0.25) is 0 Å². The molecular formula is C12H20N2O3. The smallest absolute Gasteiger partial charge is 0.341 e. The largest absolute Gasteiger partial charge is 0.465 e. The molecule has 0 aliphatic carbocycles. The zero-order valence-corrected chi connectivity index (χ0v) is 10.7. The summed E-state index contributed by atoms with van der Waals surface area (Å²) >= 11 is 0. The highest BCUT2D eigenvalue weighted by Crippen LogP contribution is 2.16. The molecule has 1 rings (SSSR count). The number of methoxy groups -OCH3 is 1. The average molecular weight is 240 g/mol. The second-order valence-corrected chi connectivity index (χ2v) is 4.05. The van der Waals surface area contributed by atoms with Gasteiger partial charge in [0.05, 0.1) is 13.7 Å². The second kappa shape index (κ2) is 6.42. The minimum atomic E-state index is -0.359. The summed E-state index contributed by atoms with van der Waals surface area (Å²) in [7, 11) is 3.35. The Labute approximate surface area is 102 Å². The molecule has 0 amide bonds. The van der Waals surface area contributed by atoms with Crippen LogP contribution in [0.15, 0.2) is 10.5 Å². The minimum absolute atomic E-state index is 0.359. The number of hydrogen-bond donors (Lipinski definition) is 1. The first-order valence-electron chi connectivity index (χ1n) is 5.64. The van der Waals surface area contributed by atoms with Crippen molar-refractivity contribution in [2.24, 2.45) is 5.73 Å². The topological polar surface area (TPSA) is 68.7 Å². The Bertz CT molecular complexity index is 374. The van der Waals surface area contributed by atoms with Crippen molar-refractivity contribution < 1.29 is 13.9 Å². The molecule has 0 aliphatic rings. The Hall–Kier alpha value is -1.33. The van der Waals surface area contributed by atoms with Gasteiger partial charge in [0.2, 0.25) is 0 Å². The molecule has 0 radical (unpaired) electrons. The highest BCUT2D eigenvalue weighted by molar-refractivity contribution is 5.90. The third-order valence-corrected chi connectivity index (χ3v) is 2.54. The average Bonchev–Trinajstić information content (AvgIpc) is 2.66. The van der Waals surface area contributed by atoms with Gasteiger partial charge in [-0.15, -0.1) is 0 Å². The number of nitrogens with two attached hydrogens (primary N) is 1. The SMILES string of the molecule is COC(=O)c1cc(CN(C)CCCN)oc1C. The molecule has 5 heteroatoms. The van der Waals surface area contributed by atoms with Crippen LogP contribution in [0.1, 0.15) is 28.3 Å². The molecule has 0 saturated heterocycles. The standard InChI is InChI=1S/C12H20N2O3/c1-9-11(12(15)16-3)7-10(17-9)8-14(2)6-4-5-13/h7H,4-6,8,13H2,1-3H3. The number of rotatable bonds is 6. The van der Waals surface area contributed by atoms with E-state index in [0.717, 1.165) is 18.7 Å². The van der Waals surface area contributed by atoms with Crippen LogP contribution in [0.3, 0.4) is 0 Å². The summed E-state index contributed by atoms with van der Waals surface area (Å²) in [5, 5.41) is 0. The van der Waals surface area contributed by atoms with Gasteiger partial charge < -0.3 is 14.9 Å². The van der Waals surface area contributed by atoms with E-state index in [0.29, 0.717) is 24.4 Å². The molecule has 0 aliphatic heterocycles. The van der Waals surface area contributed by atoms with Crippen LogP contribution in [-0.2, 0) is 11.3 Å². The molecule has 0 atom stereocenters. The molecule has 0 saturated carbocycles. The fourth-order valence-corrected chi connectivity index (χ4v) is 1.64. The monoisotopic (exact) mass is 240 g/mol. The molecule has 2 N–H and O–H groups in total. The Balaban J connectivity index is 2.63. The highest BCUT2D eigenvalue weighted by atomic mass is 16.5. The van der Waals surface area contributed by atoms with Gasteiger partial charge in [0, 0.05) is 0 Å². The Morgan fingerprint density at radius 3 is 2.88 bits per heavy atom. The van der Waals surface area contributed by atoms with Crippen LogP contribution in [-0.4, -0.2) is 38.1 Å². The van der Waals surface area contributed by atoms with Crippen molar-refractivity contribution in [2.45, 2.75) is 19.9 Å². The van der Waals surface area contributed by atoms with Crippen molar-refractivity contribution >= 4 is 5.97 Å². The van der Waals surface area contributed by atoms with E-state index in [4.69, 9.17) is 10.2 Å². The van der Waals surface area contributed by atoms with E-state index in [1.165, 1.54) is 7.11 Å². The normalized spacial score (nSPS) is 10.9. The van der Waals surface area contributed by atoms with Crippen LogP contribution >= 0.6 is 0 Å². The Kier molecular flexibility index (Phi) is 5.18. The van der Waals surface area contributed by atoms with E-state index in [1.807, 2.05) is 7.05 Å². The van der Waals surface area contributed by atoms with Crippen LogP contribution in [0.5, 0.6) is 0 Å². The van der Waals surface area contributed by atoms with Crippen LogP contribution in [0, 0.1) is 6.92 Å². The Morgan fingerprint density at radius 1 is 1.59 bits per heavy atom. The zero-order chi connectivity index (χ0) is 12.8. The summed E-state index contributed by atoms with van der Waals surface area (Å²) in [6.07, 6.45) is 0.944. The van der Waals surface area contributed by atoms with E-state index in [9.17, 15) is 4.79 Å². The van der Waals surface area contributed by atoms with E-state index >= 15 is 0 Å². The molecule has 96 valence electrons. The van der Waals surface area contributed by atoms with Crippen LogP contribution in [0.25, 0.3) is 0 Å². The van der Waals surface area contributed by atoms with Crippen molar-refractivity contribution in [1.29, 1.82) is 0 Å². The number of nitrogens with zero attached hydrogens (tertiary/aromatic N) is 1. The number of aryl methyl sites for hydroxylation is 1. The van der Waals surface area contributed by atoms with Crippen molar-refractivity contribution in [3.63, 3.8) is 0 Å². The Morgan fingerprint density at radius 2 is 2.29 bits per heavy atom. The summed E-state index contributed by atoms with van der Waals surface area (Å²) in [6.45, 7) is 4.01. The second-order valence-electron chi connectivity index (χ2n) is 4.05. The van der Waals surface area contributed by atoms with Gasteiger partial charge in [-0.3, -0.25) is 4.90 Å². The maximum absolute atomic E-state index is 11.4. The number of hydrogen-bond acceptors (Lipinski definition) is 5. The minimum Gasteiger partial charge on any atom is -0.465 e. The lowest BCUT2D eigenvalue weighted by atomic mass is 10.2. The number of furan rings is 1. The van der Waals surface area contributed by atoms with Crippen molar-refractivity contribution in [3.05, 3.63) is 23.2 Å². The van der Waals surface area contributed by atoms with Gasteiger partial charge >= 0.3 is 5.97 Å².